The number of halogens is 3. The third-order valence-corrected chi connectivity index (χ3v) is 6.17. The van der Waals surface area contributed by atoms with Gasteiger partial charge in [-0.2, -0.15) is 0 Å². The SMILES string of the molecule is Cl.Cl.O=C(c1ccccc1Cl)N1CCN(Cc2cnc[nH]2)c2ccc(-c3ccccc3)cc2C1. The van der Waals surface area contributed by atoms with Crippen molar-refractivity contribution in [2.24, 2.45) is 0 Å². The molecule has 0 radical (unpaired) electrons. The molecule has 0 spiro atoms. The molecule has 0 fully saturated rings. The van der Waals surface area contributed by atoms with Crippen molar-refractivity contribution in [1.82, 2.24) is 14.9 Å². The van der Waals surface area contributed by atoms with Gasteiger partial charge in [-0.1, -0.05) is 60.1 Å². The molecule has 0 unspecified atom stereocenters. The number of hydrogen-bond acceptors (Lipinski definition) is 3. The second kappa shape index (κ2) is 11.4. The number of nitrogens with one attached hydrogen (secondary N) is 1. The Kier molecular flexibility index (Phi) is 8.61. The van der Waals surface area contributed by atoms with Gasteiger partial charge in [0.05, 0.1) is 29.2 Å². The number of amides is 1. The minimum atomic E-state index is -0.0462. The lowest BCUT2D eigenvalue weighted by molar-refractivity contribution is 0.0751. The maximum absolute atomic E-state index is 13.4. The quantitative estimate of drug-likeness (QED) is 0.350. The summed E-state index contributed by atoms with van der Waals surface area (Å²) in [5.74, 6) is -0.0462. The zero-order valence-electron chi connectivity index (χ0n) is 18.4. The van der Waals surface area contributed by atoms with Crippen LogP contribution in [0.1, 0.15) is 21.6 Å². The summed E-state index contributed by atoms with van der Waals surface area (Å²) in [6, 6.07) is 24.1. The summed E-state index contributed by atoms with van der Waals surface area (Å²) in [5.41, 5.74) is 6.12. The zero-order chi connectivity index (χ0) is 21.9. The van der Waals surface area contributed by atoms with E-state index in [0.717, 1.165) is 28.1 Å². The summed E-state index contributed by atoms with van der Waals surface area (Å²) in [6.07, 6.45) is 3.54. The van der Waals surface area contributed by atoms with Gasteiger partial charge in [0.2, 0.25) is 0 Å². The van der Waals surface area contributed by atoms with E-state index >= 15 is 0 Å². The highest BCUT2D eigenvalue weighted by molar-refractivity contribution is 6.33. The van der Waals surface area contributed by atoms with Crippen molar-refractivity contribution in [3.8, 4) is 11.1 Å². The van der Waals surface area contributed by atoms with Gasteiger partial charge in [-0.25, -0.2) is 4.98 Å². The predicted molar refractivity (Wildman–Crippen MR) is 142 cm³/mol. The molecule has 1 amide bonds. The van der Waals surface area contributed by atoms with Crippen LogP contribution in [0.25, 0.3) is 11.1 Å². The van der Waals surface area contributed by atoms with Crippen LogP contribution in [0.5, 0.6) is 0 Å². The molecular formula is C26H25Cl3N4O. The lowest BCUT2D eigenvalue weighted by atomic mass is 10.0. The molecule has 5 nitrogen and oxygen atoms in total. The third-order valence-electron chi connectivity index (χ3n) is 5.84. The van der Waals surface area contributed by atoms with Crippen LogP contribution in [0.2, 0.25) is 5.02 Å². The van der Waals surface area contributed by atoms with Crippen LogP contribution in [0.15, 0.2) is 85.3 Å². The number of hydrogen-bond donors (Lipinski definition) is 1. The van der Waals surface area contributed by atoms with Gasteiger partial charge in [0.1, 0.15) is 0 Å². The molecule has 1 aliphatic heterocycles. The number of aromatic nitrogens is 2. The Hall–Kier alpha value is -2.99. The van der Waals surface area contributed by atoms with Crippen molar-refractivity contribution < 1.29 is 4.79 Å². The van der Waals surface area contributed by atoms with E-state index in [1.807, 2.05) is 41.4 Å². The Morgan fingerprint density at radius 2 is 1.71 bits per heavy atom. The number of aromatic amines is 1. The number of carbonyl (C=O) groups excluding carboxylic acids is 1. The number of imidazole rings is 1. The van der Waals surface area contributed by atoms with Crippen LogP contribution < -0.4 is 4.90 Å². The molecule has 34 heavy (non-hydrogen) atoms. The molecule has 4 aromatic rings. The Labute approximate surface area is 216 Å². The number of H-pyrrole nitrogens is 1. The van der Waals surface area contributed by atoms with Gasteiger partial charge in [0.15, 0.2) is 0 Å². The average molecular weight is 516 g/mol. The number of fused-ring (bicyclic) bond motifs is 1. The number of rotatable bonds is 4. The number of benzene rings is 3. The second-order valence-electron chi connectivity index (χ2n) is 7.91. The lowest BCUT2D eigenvalue weighted by Gasteiger charge is -2.24. The largest absolute Gasteiger partial charge is 0.364 e. The smallest absolute Gasteiger partial charge is 0.255 e. The molecule has 1 aromatic heterocycles. The first-order valence-electron chi connectivity index (χ1n) is 10.6. The summed E-state index contributed by atoms with van der Waals surface area (Å²) in [5, 5.41) is 0.481. The van der Waals surface area contributed by atoms with Gasteiger partial charge in [-0.05, 0) is 41.0 Å². The highest BCUT2D eigenvalue weighted by atomic mass is 35.5. The average Bonchev–Trinajstić information content (AvgIpc) is 3.27. The molecule has 0 aliphatic carbocycles. The molecule has 0 bridgehead atoms. The lowest BCUT2D eigenvalue weighted by Crippen LogP contribution is -2.35. The number of carbonyl (C=O) groups is 1. The molecular weight excluding hydrogens is 491 g/mol. The minimum absolute atomic E-state index is 0. The fraction of sp³-hybridized carbons (Fsp3) is 0.154. The highest BCUT2D eigenvalue weighted by Gasteiger charge is 2.25. The first kappa shape index (κ1) is 25.6. The predicted octanol–water partition coefficient (Wildman–Crippen LogP) is 6.24. The molecule has 3 aromatic carbocycles. The third kappa shape index (κ3) is 5.39. The Bertz CT molecular complexity index is 1230. The van der Waals surface area contributed by atoms with Crippen molar-refractivity contribution in [1.29, 1.82) is 0 Å². The van der Waals surface area contributed by atoms with Gasteiger partial charge in [0, 0.05) is 31.5 Å². The van der Waals surface area contributed by atoms with E-state index < -0.39 is 0 Å². The first-order chi connectivity index (χ1) is 15.7. The van der Waals surface area contributed by atoms with Crippen LogP contribution in [-0.4, -0.2) is 33.9 Å². The molecule has 0 saturated heterocycles. The van der Waals surface area contributed by atoms with Crippen LogP contribution in [-0.2, 0) is 13.1 Å². The van der Waals surface area contributed by atoms with Gasteiger partial charge >= 0.3 is 0 Å². The van der Waals surface area contributed by atoms with Gasteiger partial charge in [0.25, 0.3) is 5.91 Å². The van der Waals surface area contributed by atoms with Crippen LogP contribution >= 0.6 is 36.4 Å². The van der Waals surface area contributed by atoms with Crippen LogP contribution in [0.4, 0.5) is 5.69 Å². The summed E-state index contributed by atoms with van der Waals surface area (Å²) in [4.78, 5) is 24.9. The summed E-state index contributed by atoms with van der Waals surface area (Å²) in [7, 11) is 0. The maximum Gasteiger partial charge on any atom is 0.255 e. The summed E-state index contributed by atoms with van der Waals surface area (Å²) >= 11 is 6.34. The Balaban J connectivity index is 0.00000162. The van der Waals surface area contributed by atoms with E-state index in [9.17, 15) is 4.79 Å². The highest BCUT2D eigenvalue weighted by Crippen LogP contribution is 2.32. The number of nitrogens with zero attached hydrogens (tertiary/aromatic N) is 3. The zero-order valence-corrected chi connectivity index (χ0v) is 20.7. The molecule has 0 saturated carbocycles. The molecule has 0 atom stereocenters. The minimum Gasteiger partial charge on any atom is -0.364 e. The van der Waals surface area contributed by atoms with E-state index in [4.69, 9.17) is 11.6 Å². The van der Waals surface area contributed by atoms with Crippen LogP contribution in [0.3, 0.4) is 0 Å². The molecule has 1 aliphatic rings. The molecule has 2 heterocycles. The topological polar surface area (TPSA) is 52.2 Å². The standard InChI is InChI=1S/C26H23ClN4O.2ClH/c27-24-9-5-4-8-23(24)26(32)31-13-12-30(17-22-15-28-18-29-22)25-11-10-20(14-21(25)16-31)19-6-2-1-3-7-19;;/h1-11,14-15,18H,12-13,16-17H2,(H,28,29);2*1H. The molecule has 176 valence electrons. The Morgan fingerprint density at radius 1 is 0.941 bits per heavy atom. The first-order valence-corrected chi connectivity index (χ1v) is 11.0. The van der Waals surface area contributed by atoms with Crippen molar-refractivity contribution in [2.75, 3.05) is 18.0 Å². The molecule has 8 heteroatoms. The second-order valence-corrected chi connectivity index (χ2v) is 8.32. The normalized spacial score (nSPS) is 12.7. The van der Waals surface area contributed by atoms with E-state index in [0.29, 0.717) is 36.8 Å². The van der Waals surface area contributed by atoms with Crippen molar-refractivity contribution in [3.63, 3.8) is 0 Å². The van der Waals surface area contributed by atoms with Gasteiger partial charge < -0.3 is 14.8 Å². The van der Waals surface area contributed by atoms with Crippen molar-refractivity contribution in [3.05, 3.63) is 107 Å². The fourth-order valence-corrected chi connectivity index (χ4v) is 4.41. The van der Waals surface area contributed by atoms with E-state index in [2.05, 4.69) is 45.2 Å². The van der Waals surface area contributed by atoms with E-state index in [-0.39, 0.29) is 30.7 Å². The fourth-order valence-electron chi connectivity index (χ4n) is 4.20. The van der Waals surface area contributed by atoms with E-state index in [1.165, 1.54) is 0 Å². The molecule has 5 rings (SSSR count). The summed E-state index contributed by atoms with van der Waals surface area (Å²) < 4.78 is 0. The maximum atomic E-state index is 13.4. The van der Waals surface area contributed by atoms with Gasteiger partial charge in [-0.3, -0.25) is 4.79 Å². The Morgan fingerprint density at radius 3 is 2.44 bits per heavy atom. The summed E-state index contributed by atoms with van der Waals surface area (Å²) in [6.45, 7) is 2.55. The van der Waals surface area contributed by atoms with Gasteiger partial charge in [-0.15, -0.1) is 24.8 Å². The monoisotopic (exact) mass is 514 g/mol. The van der Waals surface area contributed by atoms with Crippen molar-refractivity contribution >= 4 is 48.0 Å². The van der Waals surface area contributed by atoms with Crippen molar-refractivity contribution in [2.45, 2.75) is 13.1 Å². The van der Waals surface area contributed by atoms with E-state index in [1.54, 1.807) is 18.5 Å². The number of anilines is 1. The molecule has 1 N–H and O–H groups in total. The van der Waals surface area contributed by atoms with Crippen LogP contribution in [0, 0.1) is 0 Å².